The number of pyridine rings is 1. The van der Waals surface area contributed by atoms with Crippen molar-refractivity contribution in [3.63, 3.8) is 0 Å². The van der Waals surface area contributed by atoms with Gasteiger partial charge in [0, 0.05) is 24.5 Å². The lowest BCUT2D eigenvalue weighted by atomic mass is 10.1. The van der Waals surface area contributed by atoms with E-state index in [9.17, 15) is 0 Å². The molecule has 0 saturated carbocycles. The first-order valence-corrected chi connectivity index (χ1v) is 4.48. The largest absolute Gasteiger partial charge is 0.352 e. The molecule has 1 atom stereocenters. The van der Waals surface area contributed by atoms with Crippen molar-refractivity contribution >= 4 is 0 Å². The lowest BCUT2D eigenvalue weighted by molar-refractivity contribution is -0.0157. The van der Waals surface area contributed by atoms with Gasteiger partial charge in [0.2, 0.25) is 0 Å². The lowest BCUT2D eigenvalue weighted by Crippen LogP contribution is -2.23. The Morgan fingerprint density at radius 1 is 1.62 bits per heavy atom. The molecule has 1 fully saturated rings. The second-order valence-electron chi connectivity index (χ2n) is 3.92. The summed E-state index contributed by atoms with van der Waals surface area (Å²) in [6, 6.07) is 3.94. The van der Waals surface area contributed by atoms with Crippen LogP contribution in [0.3, 0.4) is 0 Å². The minimum atomic E-state index is -0.0689. The highest BCUT2D eigenvalue weighted by molar-refractivity contribution is 5.13. The smallest absolute Gasteiger partial charge is 0.136 e. The molecule has 0 aromatic carbocycles. The van der Waals surface area contributed by atoms with E-state index in [0.717, 1.165) is 12.1 Å². The molecule has 1 aromatic heterocycles. The Bertz CT molecular complexity index is 284. The number of ether oxygens (including phenoxy) is 1. The van der Waals surface area contributed by atoms with E-state index in [1.807, 2.05) is 18.3 Å². The molecular formula is C10H14N2O. The summed E-state index contributed by atoms with van der Waals surface area (Å²) in [7, 11) is 0. The number of rotatable bonds is 1. The standard InChI is InChI=1S/C10H14N2O/c1-10(2)7-12-9(13-10)8-4-3-5-11-6-8/h3-6,9,12H,7H2,1-2H3. The van der Waals surface area contributed by atoms with Gasteiger partial charge in [-0.3, -0.25) is 10.3 Å². The molecule has 0 spiro atoms. The van der Waals surface area contributed by atoms with Gasteiger partial charge in [0.15, 0.2) is 0 Å². The average Bonchev–Trinajstić information content (AvgIpc) is 2.48. The van der Waals surface area contributed by atoms with Gasteiger partial charge in [-0.15, -0.1) is 0 Å². The van der Waals surface area contributed by atoms with Crippen LogP contribution in [0.5, 0.6) is 0 Å². The summed E-state index contributed by atoms with van der Waals surface area (Å²) >= 11 is 0. The molecule has 1 aliphatic rings. The SMILES string of the molecule is CC1(C)CNC(c2cccnc2)O1. The second-order valence-corrected chi connectivity index (χ2v) is 3.92. The van der Waals surface area contributed by atoms with Crippen LogP contribution in [0.25, 0.3) is 0 Å². The van der Waals surface area contributed by atoms with Crippen LogP contribution in [0.2, 0.25) is 0 Å². The Hall–Kier alpha value is -0.930. The van der Waals surface area contributed by atoms with E-state index in [0.29, 0.717) is 0 Å². The van der Waals surface area contributed by atoms with Gasteiger partial charge in [0.25, 0.3) is 0 Å². The van der Waals surface area contributed by atoms with Gasteiger partial charge in [-0.1, -0.05) is 6.07 Å². The monoisotopic (exact) mass is 178 g/mol. The third-order valence-corrected chi connectivity index (χ3v) is 2.14. The molecule has 3 heteroatoms. The van der Waals surface area contributed by atoms with Crippen molar-refractivity contribution in [1.29, 1.82) is 0 Å². The van der Waals surface area contributed by atoms with E-state index < -0.39 is 0 Å². The van der Waals surface area contributed by atoms with Crippen LogP contribution in [-0.4, -0.2) is 17.1 Å². The third kappa shape index (κ3) is 1.87. The molecular weight excluding hydrogens is 164 g/mol. The number of nitrogens with zero attached hydrogens (tertiary/aromatic N) is 1. The highest BCUT2D eigenvalue weighted by Crippen LogP contribution is 2.26. The van der Waals surface area contributed by atoms with E-state index in [1.54, 1.807) is 6.20 Å². The summed E-state index contributed by atoms with van der Waals surface area (Å²) in [4.78, 5) is 4.06. The third-order valence-electron chi connectivity index (χ3n) is 2.14. The Morgan fingerprint density at radius 2 is 2.46 bits per heavy atom. The predicted octanol–water partition coefficient (Wildman–Crippen LogP) is 1.48. The summed E-state index contributed by atoms with van der Waals surface area (Å²) in [5.74, 6) is 0. The maximum absolute atomic E-state index is 5.78. The zero-order valence-electron chi connectivity index (χ0n) is 7.95. The molecule has 70 valence electrons. The number of hydrogen-bond donors (Lipinski definition) is 1. The molecule has 0 radical (unpaired) electrons. The van der Waals surface area contributed by atoms with E-state index in [1.165, 1.54) is 0 Å². The van der Waals surface area contributed by atoms with Crippen LogP contribution < -0.4 is 5.32 Å². The maximum atomic E-state index is 5.78. The van der Waals surface area contributed by atoms with E-state index in [4.69, 9.17) is 4.74 Å². The normalized spacial score (nSPS) is 26.2. The van der Waals surface area contributed by atoms with Crippen molar-refractivity contribution in [1.82, 2.24) is 10.3 Å². The molecule has 13 heavy (non-hydrogen) atoms. The Balaban J connectivity index is 2.13. The summed E-state index contributed by atoms with van der Waals surface area (Å²) in [6.07, 6.45) is 3.60. The highest BCUT2D eigenvalue weighted by Gasteiger charge is 2.31. The molecule has 0 bridgehead atoms. The van der Waals surface area contributed by atoms with Crippen molar-refractivity contribution in [3.8, 4) is 0 Å². The van der Waals surface area contributed by atoms with Gasteiger partial charge in [0.05, 0.1) is 5.60 Å². The topological polar surface area (TPSA) is 34.2 Å². The van der Waals surface area contributed by atoms with E-state index in [-0.39, 0.29) is 11.8 Å². The second kappa shape index (κ2) is 3.09. The van der Waals surface area contributed by atoms with Gasteiger partial charge in [-0.2, -0.15) is 0 Å². The highest BCUT2D eigenvalue weighted by atomic mass is 16.5. The van der Waals surface area contributed by atoms with Crippen LogP contribution in [0.15, 0.2) is 24.5 Å². The van der Waals surface area contributed by atoms with Gasteiger partial charge in [-0.05, 0) is 19.9 Å². The molecule has 2 rings (SSSR count). The van der Waals surface area contributed by atoms with E-state index in [2.05, 4.69) is 24.1 Å². The molecule has 0 amide bonds. The zero-order valence-corrected chi connectivity index (χ0v) is 7.95. The lowest BCUT2D eigenvalue weighted by Gasteiger charge is -2.17. The van der Waals surface area contributed by atoms with Crippen LogP contribution in [-0.2, 0) is 4.74 Å². The van der Waals surface area contributed by atoms with Crippen molar-refractivity contribution in [3.05, 3.63) is 30.1 Å². The first kappa shape index (κ1) is 8.66. The number of hydrogen-bond acceptors (Lipinski definition) is 3. The molecule has 1 saturated heterocycles. The summed E-state index contributed by atoms with van der Waals surface area (Å²) < 4.78 is 5.78. The van der Waals surface area contributed by atoms with Crippen molar-refractivity contribution in [2.75, 3.05) is 6.54 Å². The quantitative estimate of drug-likeness (QED) is 0.707. The van der Waals surface area contributed by atoms with Crippen molar-refractivity contribution in [2.24, 2.45) is 0 Å². The maximum Gasteiger partial charge on any atom is 0.136 e. The Kier molecular flexibility index (Phi) is 2.06. The molecule has 1 N–H and O–H groups in total. The fourth-order valence-corrected chi connectivity index (χ4v) is 1.46. The zero-order chi connectivity index (χ0) is 9.31. The summed E-state index contributed by atoms with van der Waals surface area (Å²) in [5, 5.41) is 3.30. The first-order chi connectivity index (χ1) is 6.17. The molecule has 1 aromatic rings. The van der Waals surface area contributed by atoms with Crippen molar-refractivity contribution < 1.29 is 4.74 Å². The van der Waals surface area contributed by atoms with Crippen LogP contribution >= 0.6 is 0 Å². The fourth-order valence-electron chi connectivity index (χ4n) is 1.46. The molecule has 1 aliphatic heterocycles. The van der Waals surface area contributed by atoms with Crippen LogP contribution in [0.4, 0.5) is 0 Å². The van der Waals surface area contributed by atoms with Crippen LogP contribution in [0, 0.1) is 0 Å². The van der Waals surface area contributed by atoms with Gasteiger partial charge in [-0.25, -0.2) is 0 Å². The van der Waals surface area contributed by atoms with Crippen LogP contribution in [0.1, 0.15) is 25.6 Å². The molecule has 2 heterocycles. The van der Waals surface area contributed by atoms with Gasteiger partial charge in [0.1, 0.15) is 6.23 Å². The Morgan fingerprint density at radius 3 is 3.00 bits per heavy atom. The first-order valence-electron chi connectivity index (χ1n) is 4.48. The number of nitrogens with one attached hydrogen (secondary N) is 1. The summed E-state index contributed by atoms with van der Waals surface area (Å²) in [5.41, 5.74) is 1.02. The molecule has 1 unspecified atom stereocenters. The minimum absolute atomic E-state index is 0.00343. The van der Waals surface area contributed by atoms with Gasteiger partial charge < -0.3 is 4.74 Å². The molecule has 3 nitrogen and oxygen atoms in total. The predicted molar refractivity (Wildman–Crippen MR) is 50.1 cm³/mol. The Labute approximate surface area is 78.1 Å². The fraction of sp³-hybridized carbons (Fsp3) is 0.500. The molecule has 0 aliphatic carbocycles. The number of aromatic nitrogens is 1. The van der Waals surface area contributed by atoms with Gasteiger partial charge >= 0.3 is 0 Å². The average molecular weight is 178 g/mol. The summed E-state index contributed by atoms with van der Waals surface area (Å²) in [6.45, 7) is 5.04. The van der Waals surface area contributed by atoms with E-state index >= 15 is 0 Å². The van der Waals surface area contributed by atoms with Crippen molar-refractivity contribution in [2.45, 2.75) is 25.7 Å². The minimum Gasteiger partial charge on any atom is -0.352 e.